The van der Waals surface area contributed by atoms with E-state index in [1.807, 2.05) is 0 Å². The Morgan fingerprint density at radius 2 is 0.429 bits per heavy atom. The van der Waals surface area contributed by atoms with Crippen LogP contribution in [0.15, 0.2) is 267 Å². The van der Waals surface area contributed by atoms with Gasteiger partial charge in [-0.1, -0.05) is 141 Å². The van der Waals surface area contributed by atoms with Crippen LogP contribution in [0.25, 0.3) is 11.1 Å². The number of anilines is 12. The largest absolute Gasteiger partial charge is 0.311 e. The van der Waals surface area contributed by atoms with Gasteiger partial charge in [-0.15, -0.1) is 0 Å². The summed E-state index contributed by atoms with van der Waals surface area (Å²) < 4.78 is 0. The quantitative estimate of drug-likeness (QED) is 0.121. The molecule has 12 rings (SSSR count). The molecule has 0 atom stereocenters. The third-order valence-electron chi connectivity index (χ3n) is 14.4. The molecule has 4 heteroatoms. The number of nitrogens with zero attached hydrogens (tertiary/aromatic N) is 4. The highest BCUT2D eigenvalue weighted by atomic mass is 15.2. The Kier molecular flexibility index (Phi) is 11.5. The fraction of sp³-hybridized carbons (Fsp3) is 0.0909. The van der Waals surface area contributed by atoms with E-state index >= 15 is 0 Å². The van der Waals surface area contributed by atoms with Gasteiger partial charge in [0.2, 0.25) is 0 Å². The average Bonchev–Trinajstić information content (AvgIpc) is 3.68. The second-order valence-corrected chi connectivity index (χ2v) is 18.5. The maximum absolute atomic E-state index is 2.53. The summed E-state index contributed by atoms with van der Waals surface area (Å²) >= 11 is 0. The summed E-state index contributed by atoms with van der Waals surface area (Å²) in [4.78, 5) is 9.51. The van der Waals surface area contributed by atoms with Crippen LogP contribution in [-0.2, 0) is 5.41 Å². The van der Waals surface area contributed by atoms with Gasteiger partial charge < -0.3 is 19.6 Å². The summed E-state index contributed by atoms with van der Waals surface area (Å²) in [7, 11) is 0. The van der Waals surface area contributed by atoms with E-state index in [2.05, 4.69) is 287 Å². The number of fused-ring (bicyclic) bond motifs is 5. The lowest BCUT2D eigenvalue weighted by Crippen LogP contribution is -2.28. The SMILES string of the molecule is c1ccc(N(c2ccccc2)c2ccc(N(c3ccccc3)c3ccc4c(c3)C3(CCCCC3)c3cc(N(c5ccccc5)c5ccc(N(c6ccccc6)c6ccccc6)cc5)ccc3-4)cc2)cc1. The molecule has 0 N–H and O–H groups in total. The predicted octanol–water partition coefficient (Wildman–Crippen LogP) is 18.8. The maximum atomic E-state index is 2.53. The fourth-order valence-corrected chi connectivity index (χ4v) is 11.2. The minimum Gasteiger partial charge on any atom is -0.311 e. The molecule has 70 heavy (non-hydrogen) atoms. The first-order chi connectivity index (χ1) is 34.7. The molecule has 2 aliphatic carbocycles. The van der Waals surface area contributed by atoms with Crippen LogP contribution in [0.1, 0.15) is 43.2 Å². The smallest absolute Gasteiger partial charge is 0.0465 e. The normalized spacial score (nSPS) is 13.3. The lowest BCUT2D eigenvalue weighted by atomic mass is 9.67. The topological polar surface area (TPSA) is 13.0 Å². The summed E-state index contributed by atoms with van der Waals surface area (Å²) in [5.41, 5.74) is 19.1. The van der Waals surface area contributed by atoms with E-state index in [9.17, 15) is 0 Å². The van der Waals surface area contributed by atoms with Gasteiger partial charge in [-0.3, -0.25) is 0 Å². The van der Waals surface area contributed by atoms with Crippen LogP contribution < -0.4 is 19.6 Å². The highest BCUT2D eigenvalue weighted by molar-refractivity contribution is 5.90. The lowest BCUT2D eigenvalue weighted by molar-refractivity contribution is 0.353. The van der Waals surface area contributed by atoms with Crippen molar-refractivity contribution in [1.29, 1.82) is 0 Å². The Morgan fingerprint density at radius 1 is 0.214 bits per heavy atom. The molecule has 4 nitrogen and oxygen atoms in total. The molecule has 0 aliphatic heterocycles. The van der Waals surface area contributed by atoms with Gasteiger partial charge in [-0.2, -0.15) is 0 Å². The van der Waals surface area contributed by atoms with E-state index in [0.717, 1.165) is 69.7 Å². The van der Waals surface area contributed by atoms with Gasteiger partial charge in [0.25, 0.3) is 0 Å². The van der Waals surface area contributed by atoms with E-state index in [1.165, 1.54) is 52.9 Å². The lowest BCUT2D eigenvalue weighted by Gasteiger charge is -2.37. The van der Waals surface area contributed by atoms with Gasteiger partial charge in [0.05, 0.1) is 0 Å². The molecule has 1 saturated carbocycles. The summed E-state index contributed by atoms with van der Waals surface area (Å²) in [5.74, 6) is 0. The molecule has 10 aromatic rings. The standard InChI is InChI=1S/C66H54N4/c1-8-22-50(23-9-1)67(51-24-10-2-11-25-51)56-34-38-58(39-35-56)69(54-30-16-5-17-31-54)60-42-44-62-63-45-43-61(49-65(63)66(64(62)48-60)46-20-7-21-47-66)70(55-32-18-6-19-33-55)59-40-36-57(37-41-59)68(52-26-12-3-13-27-52)53-28-14-4-15-29-53/h1-6,8-19,22-45,48-49H,7,20-21,46-47H2. The molecule has 2 aliphatic rings. The van der Waals surface area contributed by atoms with Crippen molar-refractivity contribution in [2.24, 2.45) is 0 Å². The van der Waals surface area contributed by atoms with E-state index < -0.39 is 0 Å². The van der Waals surface area contributed by atoms with Crippen molar-refractivity contribution >= 4 is 68.2 Å². The summed E-state index contributed by atoms with van der Waals surface area (Å²) in [6, 6.07) is 96.9. The Labute approximate surface area is 412 Å². The second kappa shape index (κ2) is 18.8. The van der Waals surface area contributed by atoms with Gasteiger partial charge >= 0.3 is 0 Å². The van der Waals surface area contributed by atoms with E-state index in [0.29, 0.717) is 0 Å². The molecular weight excluding hydrogens is 849 g/mol. The third kappa shape index (κ3) is 7.97. The highest BCUT2D eigenvalue weighted by Gasteiger charge is 2.44. The van der Waals surface area contributed by atoms with Crippen molar-refractivity contribution in [3.63, 3.8) is 0 Å². The summed E-state index contributed by atoms with van der Waals surface area (Å²) in [6.07, 6.45) is 5.94. The number of benzene rings is 10. The molecule has 0 radical (unpaired) electrons. The Hall–Kier alpha value is -8.60. The van der Waals surface area contributed by atoms with Crippen molar-refractivity contribution in [1.82, 2.24) is 0 Å². The van der Waals surface area contributed by atoms with Crippen molar-refractivity contribution in [2.75, 3.05) is 19.6 Å². The molecule has 0 aromatic heterocycles. The number of para-hydroxylation sites is 6. The van der Waals surface area contributed by atoms with Crippen molar-refractivity contribution in [2.45, 2.75) is 37.5 Å². The molecular formula is C66H54N4. The number of rotatable bonds is 12. The minimum absolute atomic E-state index is 0.0922. The Morgan fingerprint density at radius 3 is 0.686 bits per heavy atom. The Bertz CT molecular complexity index is 3020. The molecule has 10 aromatic carbocycles. The zero-order valence-corrected chi connectivity index (χ0v) is 39.2. The molecule has 0 saturated heterocycles. The zero-order chi connectivity index (χ0) is 46.7. The molecule has 0 unspecified atom stereocenters. The molecule has 0 amide bonds. The molecule has 1 fully saturated rings. The zero-order valence-electron chi connectivity index (χ0n) is 39.2. The number of hydrogen-bond donors (Lipinski definition) is 0. The highest BCUT2D eigenvalue weighted by Crippen LogP contribution is 2.58. The first-order valence-corrected chi connectivity index (χ1v) is 24.7. The van der Waals surface area contributed by atoms with E-state index in [4.69, 9.17) is 0 Å². The average molecular weight is 903 g/mol. The molecule has 1 spiro atoms. The van der Waals surface area contributed by atoms with E-state index in [1.54, 1.807) is 0 Å². The van der Waals surface area contributed by atoms with Crippen molar-refractivity contribution < 1.29 is 0 Å². The third-order valence-corrected chi connectivity index (χ3v) is 14.4. The maximum Gasteiger partial charge on any atom is 0.0465 e. The second-order valence-electron chi connectivity index (χ2n) is 18.5. The van der Waals surface area contributed by atoms with Crippen LogP contribution in [-0.4, -0.2) is 0 Å². The van der Waals surface area contributed by atoms with E-state index in [-0.39, 0.29) is 5.41 Å². The van der Waals surface area contributed by atoms with Gasteiger partial charge in [0.1, 0.15) is 0 Å². The van der Waals surface area contributed by atoms with Crippen LogP contribution in [0.2, 0.25) is 0 Å². The van der Waals surface area contributed by atoms with Gasteiger partial charge in [0, 0.05) is 73.7 Å². The van der Waals surface area contributed by atoms with Gasteiger partial charge in [-0.25, -0.2) is 0 Å². The Balaban J connectivity index is 0.930. The molecule has 0 bridgehead atoms. The summed E-state index contributed by atoms with van der Waals surface area (Å²) in [5, 5.41) is 0. The minimum atomic E-state index is -0.0922. The van der Waals surface area contributed by atoms with Gasteiger partial charge in [-0.05, 0) is 181 Å². The molecule has 0 heterocycles. The number of hydrogen-bond acceptors (Lipinski definition) is 4. The van der Waals surface area contributed by atoms with Crippen LogP contribution in [0.4, 0.5) is 68.2 Å². The first-order valence-electron chi connectivity index (χ1n) is 24.7. The van der Waals surface area contributed by atoms with Gasteiger partial charge in [0.15, 0.2) is 0 Å². The predicted molar refractivity (Wildman–Crippen MR) is 294 cm³/mol. The fourth-order valence-electron chi connectivity index (χ4n) is 11.2. The monoisotopic (exact) mass is 902 g/mol. The molecule has 338 valence electrons. The van der Waals surface area contributed by atoms with Crippen molar-refractivity contribution in [3.8, 4) is 11.1 Å². The van der Waals surface area contributed by atoms with Crippen LogP contribution in [0.5, 0.6) is 0 Å². The van der Waals surface area contributed by atoms with Crippen LogP contribution in [0, 0.1) is 0 Å². The summed E-state index contributed by atoms with van der Waals surface area (Å²) in [6.45, 7) is 0. The first kappa shape index (κ1) is 42.7. The van der Waals surface area contributed by atoms with Crippen LogP contribution in [0.3, 0.4) is 0 Å². The van der Waals surface area contributed by atoms with Crippen LogP contribution >= 0.6 is 0 Å². The van der Waals surface area contributed by atoms with Crippen molar-refractivity contribution in [3.05, 3.63) is 278 Å².